The van der Waals surface area contributed by atoms with Crippen molar-refractivity contribution in [2.75, 3.05) is 0 Å². The van der Waals surface area contributed by atoms with Gasteiger partial charge in [-0.2, -0.15) is 0 Å². The van der Waals surface area contributed by atoms with Crippen molar-refractivity contribution in [1.29, 1.82) is 0 Å². The first kappa shape index (κ1) is 32.3. The summed E-state index contributed by atoms with van der Waals surface area (Å²) in [5.74, 6) is 0. The molecule has 0 spiro atoms. The average molecular weight is 558 g/mol. The van der Waals surface area contributed by atoms with E-state index in [0.29, 0.717) is 22.6 Å². The van der Waals surface area contributed by atoms with Crippen LogP contribution in [0.2, 0.25) is 0 Å². The number of fused-ring (bicyclic) bond motifs is 2. The molecule has 196 valence electrons. The van der Waals surface area contributed by atoms with E-state index in [9.17, 15) is 0 Å². The zero-order valence-corrected chi connectivity index (χ0v) is 26.9. The minimum Gasteiger partial charge on any atom is -0.651 e. The summed E-state index contributed by atoms with van der Waals surface area (Å²) in [5.41, 5.74) is 11.0. The molecule has 1 aliphatic rings. The van der Waals surface area contributed by atoms with Gasteiger partial charge in [-0.15, -0.1) is 0 Å². The molecule has 1 heterocycles. The standard InChI is InChI=1S/C29H44NP2.CHO.Ni/c1-17(2)31(18(3)4)25-15-21(9)13-23-27(25)30-28-24(29(23,11)12)14-22(10)16-26(28)32(19(5)6)20(7)8;1-2;/h13-20H,1-12H3;1H;/q2*-1;+2/p+2. The maximum absolute atomic E-state index is 7.75. The van der Waals surface area contributed by atoms with Crippen LogP contribution >= 0.6 is 15.8 Å². The molecule has 0 saturated heterocycles. The number of hydrogen-bond acceptors (Lipinski definition) is 1. The molecule has 0 unspecified atom stereocenters. The van der Waals surface area contributed by atoms with E-state index in [1.54, 1.807) is 10.6 Å². The topological polar surface area (TPSA) is 31.2 Å². The summed E-state index contributed by atoms with van der Waals surface area (Å²) >= 11 is 0. The van der Waals surface area contributed by atoms with E-state index in [4.69, 9.17) is 10.1 Å². The van der Waals surface area contributed by atoms with Crippen molar-refractivity contribution < 1.29 is 21.3 Å². The van der Waals surface area contributed by atoms with Gasteiger partial charge in [-0.25, -0.2) is 0 Å². The molecule has 2 aromatic rings. The van der Waals surface area contributed by atoms with Crippen LogP contribution in [0.4, 0.5) is 11.4 Å². The van der Waals surface area contributed by atoms with Gasteiger partial charge >= 0.3 is 16.5 Å². The first-order valence-corrected chi connectivity index (χ1v) is 16.1. The van der Waals surface area contributed by atoms with Crippen LogP contribution in [0.3, 0.4) is 0 Å². The minimum absolute atomic E-state index is 0. The smallest absolute Gasteiger partial charge is 0.651 e. The normalized spacial score (nSPS) is 14.0. The first-order valence-electron chi connectivity index (χ1n) is 12.8. The van der Waals surface area contributed by atoms with E-state index in [1.165, 1.54) is 33.6 Å². The van der Waals surface area contributed by atoms with E-state index < -0.39 is 15.8 Å². The van der Waals surface area contributed by atoms with Gasteiger partial charge in [-0.05, 0) is 104 Å². The van der Waals surface area contributed by atoms with E-state index in [2.05, 4.69) is 114 Å². The van der Waals surface area contributed by atoms with Crippen molar-refractivity contribution in [3.8, 4) is 0 Å². The quantitative estimate of drug-likeness (QED) is 0.152. The molecule has 5 heteroatoms. The molecule has 0 bridgehead atoms. The second-order valence-corrected chi connectivity index (χ2v) is 19.2. The van der Waals surface area contributed by atoms with Crippen LogP contribution in [0, 0.1) is 13.8 Å². The number of nitrogens with zero attached hydrogens (tertiary/aromatic N) is 1. The average Bonchev–Trinajstić information content (AvgIpc) is 2.70. The van der Waals surface area contributed by atoms with Crippen LogP contribution < -0.4 is 10.6 Å². The van der Waals surface area contributed by atoms with Crippen molar-refractivity contribution >= 4 is 44.6 Å². The maximum Gasteiger partial charge on any atom is 2.00 e. The molecule has 2 aromatic carbocycles. The Morgan fingerprint density at radius 2 is 0.943 bits per heavy atom. The van der Waals surface area contributed by atoms with E-state index in [1.807, 2.05) is 0 Å². The third-order valence-electron chi connectivity index (χ3n) is 7.19. The molecule has 0 amide bonds. The van der Waals surface area contributed by atoms with Crippen molar-refractivity contribution in [3.63, 3.8) is 0 Å². The molecular weight excluding hydrogens is 511 g/mol. The van der Waals surface area contributed by atoms with E-state index in [0.717, 1.165) is 0 Å². The zero-order chi connectivity index (χ0) is 26.1. The third kappa shape index (κ3) is 6.40. The Balaban J connectivity index is 0.00000199. The fraction of sp³-hybridized carbons (Fsp3) is 0.567. The summed E-state index contributed by atoms with van der Waals surface area (Å²) in [6.07, 6.45) is 0. The Bertz CT molecular complexity index is 920. The van der Waals surface area contributed by atoms with Gasteiger partial charge < -0.3 is 10.1 Å². The van der Waals surface area contributed by atoms with Gasteiger partial charge in [0.2, 0.25) is 0 Å². The predicted octanol–water partition coefficient (Wildman–Crippen LogP) is 8.32. The van der Waals surface area contributed by atoms with Gasteiger partial charge in [-0.1, -0.05) is 37.4 Å². The summed E-state index contributed by atoms with van der Waals surface area (Å²) in [4.78, 5) is 7.75. The van der Waals surface area contributed by atoms with E-state index >= 15 is 0 Å². The second-order valence-electron chi connectivity index (χ2n) is 11.7. The number of benzene rings is 2. The fourth-order valence-corrected chi connectivity index (χ4v) is 12.9. The molecule has 2 nitrogen and oxygen atoms in total. The number of hydrogen-bond donors (Lipinski definition) is 0. The summed E-state index contributed by atoms with van der Waals surface area (Å²) < 4.78 is 0. The zero-order valence-electron chi connectivity index (χ0n) is 23.9. The molecular formula is C30H47NNiOP2+2. The molecule has 0 N–H and O–H groups in total. The van der Waals surface area contributed by atoms with Gasteiger partial charge in [0.05, 0.1) is 33.2 Å². The SMILES string of the molecule is Cc1cc([PH+](C(C)C)C(C)C)c2c(c1)C(C)(C)c1cc(C)cc([PH+](C(C)C)C(C)C)c1[N-]2.[CH-]=O.[Ni+2]. The largest absolute Gasteiger partial charge is 2.00 e. The van der Waals surface area contributed by atoms with Crippen LogP contribution in [0.25, 0.3) is 5.32 Å². The number of rotatable bonds is 6. The number of aryl methyl sites for hydroxylation is 2. The predicted molar refractivity (Wildman–Crippen MR) is 160 cm³/mol. The van der Waals surface area contributed by atoms with Gasteiger partial charge in [0.1, 0.15) is 0 Å². The van der Waals surface area contributed by atoms with Crippen LogP contribution in [-0.4, -0.2) is 29.4 Å². The maximum atomic E-state index is 7.75. The Morgan fingerprint density at radius 1 is 0.657 bits per heavy atom. The van der Waals surface area contributed by atoms with Crippen molar-refractivity contribution in [3.05, 3.63) is 51.8 Å². The van der Waals surface area contributed by atoms with Gasteiger partial charge in [-0.3, -0.25) is 6.79 Å². The fourth-order valence-electron chi connectivity index (χ4n) is 6.03. The minimum atomic E-state index is -0.728. The molecule has 0 atom stereocenters. The van der Waals surface area contributed by atoms with Crippen LogP contribution in [0.5, 0.6) is 0 Å². The first-order chi connectivity index (χ1) is 15.8. The molecule has 3 rings (SSSR count). The molecule has 0 aliphatic carbocycles. The molecule has 0 radical (unpaired) electrons. The Hall–Kier alpha value is -0.736. The molecule has 0 saturated carbocycles. The molecule has 0 fully saturated rings. The number of carbonyl (C=O) groups excluding carboxylic acids is 1. The summed E-state index contributed by atoms with van der Waals surface area (Å²) in [6.45, 7) is 32.0. The summed E-state index contributed by atoms with van der Waals surface area (Å²) in [7, 11) is -1.46. The molecule has 1 aliphatic heterocycles. The molecule has 0 aromatic heterocycles. The third-order valence-corrected chi connectivity index (χ3v) is 14.2. The van der Waals surface area contributed by atoms with Gasteiger partial charge in [0.25, 0.3) is 0 Å². The van der Waals surface area contributed by atoms with Crippen LogP contribution in [-0.2, 0) is 26.7 Å². The van der Waals surface area contributed by atoms with Crippen molar-refractivity contribution in [2.24, 2.45) is 0 Å². The Morgan fingerprint density at radius 3 is 1.20 bits per heavy atom. The van der Waals surface area contributed by atoms with Gasteiger partial charge in [0, 0.05) is 21.3 Å². The van der Waals surface area contributed by atoms with Gasteiger partial charge in [0.15, 0.2) is 0 Å². The van der Waals surface area contributed by atoms with Crippen molar-refractivity contribution in [2.45, 2.75) is 111 Å². The Kier molecular flexibility index (Phi) is 11.7. The van der Waals surface area contributed by atoms with Crippen LogP contribution in [0.15, 0.2) is 24.3 Å². The molecule has 35 heavy (non-hydrogen) atoms. The second kappa shape index (κ2) is 12.7. The van der Waals surface area contributed by atoms with Crippen LogP contribution in [0.1, 0.15) is 91.5 Å². The van der Waals surface area contributed by atoms with Crippen molar-refractivity contribution in [1.82, 2.24) is 0 Å². The summed E-state index contributed by atoms with van der Waals surface area (Å²) in [6, 6.07) is 9.79. The Labute approximate surface area is 228 Å². The van der Waals surface area contributed by atoms with E-state index in [-0.39, 0.29) is 21.9 Å². The monoisotopic (exact) mass is 557 g/mol. The summed E-state index contributed by atoms with van der Waals surface area (Å²) in [5, 5.41) is 8.73.